The monoisotopic (exact) mass is 1540 g/mol. The lowest BCUT2D eigenvalue weighted by molar-refractivity contribution is -0.161. The first-order chi connectivity index (χ1) is 50.8. The van der Waals surface area contributed by atoms with E-state index in [1.807, 2.05) is 0 Å². The fraction of sp³-hybridized carbons (Fsp3) is 0.953. The Hall–Kier alpha value is -1.94. The Kier molecular flexibility index (Phi) is 74.7. The Bertz CT molecular complexity index is 2030. The molecule has 0 radical (unpaired) electrons. The van der Waals surface area contributed by atoms with Crippen LogP contribution in [0.15, 0.2) is 0 Å². The molecule has 624 valence electrons. The summed E-state index contributed by atoms with van der Waals surface area (Å²) in [6.07, 6.45) is 66.8. The Morgan fingerprint density at radius 1 is 0.276 bits per heavy atom. The molecule has 0 saturated carbocycles. The number of rotatable bonds is 84. The SMILES string of the molecule is CCCCCCCCCCCCCCCCCCCCCCCC(=O)O[C@H](COC(=O)CCCCCCCCCCCCCCCCC(C)CC)COP(=O)(O)OC[C@@H](O)COP(=O)(O)OC[C@@H](COC(=O)CCCCCCCCC(C)C)OC(=O)CCCCCCCCCCCCCCCCC(C)C. The van der Waals surface area contributed by atoms with Gasteiger partial charge in [-0.2, -0.15) is 0 Å². The lowest BCUT2D eigenvalue weighted by Crippen LogP contribution is -2.30. The molecule has 0 aromatic heterocycles. The van der Waals surface area contributed by atoms with E-state index in [1.54, 1.807) is 0 Å². The van der Waals surface area contributed by atoms with Gasteiger partial charge in [-0.1, -0.05) is 402 Å². The molecule has 0 aromatic rings. The number of aliphatic hydroxyl groups is 1. The molecule has 105 heavy (non-hydrogen) atoms. The maximum Gasteiger partial charge on any atom is 0.472 e. The minimum atomic E-state index is -4.97. The number of aliphatic hydroxyl groups excluding tert-OH is 1. The van der Waals surface area contributed by atoms with Crippen LogP contribution in [-0.2, 0) is 65.4 Å². The second-order valence-corrected chi connectivity index (χ2v) is 35.0. The maximum absolute atomic E-state index is 13.1. The zero-order valence-corrected chi connectivity index (χ0v) is 71.0. The number of phosphoric acid groups is 2. The summed E-state index contributed by atoms with van der Waals surface area (Å²) >= 11 is 0. The third-order valence-corrected chi connectivity index (χ3v) is 22.4. The highest BCUT2D eigenvalue weighted by Gasteiger charge is 2.30. The van der Waals surface area contributed by atoms with Gasteiger partial charge in [0, 0.05) is 25.7 Å². The highest BCUT2D eigenvalue weighted by atomic mass is 31.2. The molecule has 3 N–H and O–H groups in total. The van der Waals surface area contributed by atoms with Crippen LogP contribution in [0.3, 0.4) is 0 Å². The van der Waals surface area contributed by atoms with Gasteiger partial charge in [-0.25, -0.2) is 9.13 Å². The standard InChI is InChI=1S/C86H168O17P2/c1-8-10-11-12-13-14-15-16-17-18-19-20-21-22-23-31-36-41-46-55-62-69-85(90)102-81(73-96-83(88)67-60-53-45-40-35-30-27-25-29-34-39-44-52-59-66-79(7)9-2)75-100-104(92,93)98-71-80(87)72-99-105(94,95)101-76-82(74-97-84(89)68-61-54-49-48-51-58-65-78(5)6)103-86(91)70-63-56-47-42-37-32-26-24-28-33-38-43-50-57-64-77(3)4/h77-82,87H,8-76H2,1-7H3,(H,92,93)(H,94,95)/t79?,80-,81-,82-/m1/s1. The Morgan fingerprint density at radius 3 is 0.724 bits per heavy atom. The molecule has 0 heterocycles. The summed E-state index contributed by atoms with van der Waals surface area (Å²) in [6, 6.07) is 0. The molecule has 0 rings (SSSR count). The fourth-order valence-electron chi connectivity index (χ4n) is 13.3. The van der Waals surface area contributed by atoms with Crippen LogP contribution in [0.5, 0.6) is 0 Å². The van der Waals surface area contributed by atoms with Crippen LogP contribution in [0.4, 0.5) is 0 Å². The van der Waals surface area contributed by atoms with E-state index in [0.29, 0.717) is 31.6 Å². The molecular weight excluding hydrogens is 1370 g/mol. The number of unbranched alkanes of at least 4 members (excludes halogenated alkanes) is 51. The minimum absolute atomic E-state index is 0.107. The lowest BCUT2D eigenvalue weighted by atomic mass is 9.99. The maximum atomic E-state index is 13.1. The van der Waals surface area contributed by atoms with Crippen LogP contribution in [0.1, 0.15) is 453 Å². The van der Waals surface area contributed by atoms with Crippen LogP contribution in [0, 0.1) is 17.8 Å². The van der Waals surface area contributed by atoms with Crippen molar-refractivity contribution in [2.24, 2.45) is 17.8 Å². The van der Waals surface area contributed by atoms with Gasteiger partial charge in [-0.05, 0) is 43.4 Å². The van der Waals surface area contributed by atoms with E-state index < -0.39 is 97.5 Å². The van der Waals surface area contributed by atoms with Gasteiger partial charge in [0.05, 0.1) is 26.4 Å². The molecular formula is C86H168O17P2. The molecule has 0 aliphatic rings. The first-order valence-corrected chi connectivity index (χ1v) is 47.4. The quantitative estimate of drug-likeness (QED) is 0.0222. The number of carbonyl (C=O) groups is 4. The average Bonchev–Trinajstić information content (AvgIpc) is 0.907. The van der Waals surface area contributed by atoms with E-state index in [0.717, 1.165) is 108 Å². The third-order valence-electron chi connectivity index (χ3n) is 20.5. The van der Waals surface area contributed by atoms with E-state index in [9.17, 15) is 43.2 Å². The van der Waals surface area contributed by atoms with Crippen molar-refractivity contribution in [3.8, 4) is 0 Å². The first-order valence-electron chi connectivity index (χ1n) is 44.4. The summed E-state index contributed by atoms with van der Waals surface area (Å²) in [5, 5.41) is 10.7. The largest absolute Gasteiger partial charge is 0.472 e. The zero-order chi connectivity index (χ0) is 77.2. The summed E-state index contributed by atoms with van der Waals surface area (Å²) in [6.45, 7) is 12.0. The molecule has 0 aliphatic carbocycles. The molecule has 0 aliphatic heterocycles. The normalized spacial score (nSPS) is 14.1. The van der Waals surface area contributed by atoms with Crippen LogP contribution in [-0.4, -0.2) is 96.7 Å². The van der Waals surface area contributed by atoms with Crippen molar-refractivity contribution in [1.82, 2.24) is 0 Å². The van der Waals surface area contributed by atoms with Crippen LogP contribution in [0.2, 0.25) is 0 Å². The Morgan fingerprint density at radius 2 is 0.486 bits per heavy atom. The number of esters is 4. The Balaban J connectivity index is 5.21. The van der Waals surface area contributed by atoms with E-state index in [4.69, 9.17) is 37.0 Å². The molecule has 0 saturated heterocycles. The van der Waals surface area contributed by atoms with Crippen molar-refractivity contribution < 1.29 is 80.2 Å². The lowest BCUT2D eigenvalue weighted by Gasteiger charge is -2.21. The number of hydrogen-bond donors (Lipinski definition) is 3. The topological polar surface area (TPSA) is 237 Å². The number of carbonyl (C=O) groups excluding carboxylic acids is 4. The first kappa shape index (κ1) is 103. The minimum Gasteiger partial charge on any atom is -0.462 e. The van der Waals surface area contributed by atoms with Crippen LogP contribution >= 0.6 is 15.6 Å². The summed E-state index contributed by atoms with van der Waals surface area (Å²) in [4.78, 5) is 73.2. The molecule has 0 bridgehead atoms. The second-order valence-electron chi connectivity index (χ2n) is 32.1. The second kappa shape index (κ2) is 76.1. The van der Waals surface area contributed by atoms with Gasteiger partial charge in [0.15, 0.2) is 12.2 Å². The summed E-state index contributed by atoms with van der Waals surface area (Å²) in [5.41, 5.74) is 0. The van der Waals surface area contributed by atoms with Crippen molar-refractivity contribution in [2.45, 2.75) is 471 Å². The van der Waals surface area contributed by atoms with E-state index in [-0.39, 0.29) is 25.7 Å². The summed E-state index contributed by atoms with van der Waals surface area (Å²) < 4.78 is 68.9. The molecule has 19 heteroatoms. The van der Waals surface area contributed by atoms with Crippen molar-refractivity contribution >= 4 is 39.5 Å². The average molecular weight is 1540 g/mol. The van der Waals surface area contributed by atoms with Crippen molar-refractivity contribution in [3.63, 3.8) is 0 Å². The number of ether oxygens (including phenoxy) is 4. The van der Waals surface area contributed by atoms with E-state index >= 15 is 0 Å². The zero-order valence-electron chi connectivity index (χ0n) is 69.2. The highest BCUT2D eigenvalue weighted by molar-refractivity contribution is 7.47. The van der Waals surface area contributed by atoms with Crippen LogP contribution < -0.4 is 0 Å². The molecule has 17 nitrogen and oxygen atoms in total. The van der Waals surface area contributed by atoms with Gasteiger partial charge in [-0.15, -0.1) is 0 Å². The molecule has 6 atom stereocenters. The fourth-order valence-corrected chi connectivity index (χ4v) is 14.9. The van der Waals surface area contributed by atoms with Gasteiger partial charge < -0.3 is 33.8 Å². The molecule has 0 spiro atoms. The van der Waals surface area contributed by atoms with Gasteiger partial charge >= 0.3 is 39.5 Å². The smallest absolute Gasteiger partial charge is 0.462 e. The summed E-state index contributed by atoms with van der Waals surface area (Å²) in [7, 11) is -9.93. The predicted molar refractivity (Wildman–Crippen MR) is 432 cm³/mol. The number of phosphoric ester groups is 2. The molecule has 0 aromatic carbocycles. The summed E-state index contributed by atoms with van der Waals surface area (Å²) in [5.74, 6) is 0.217. The third kappa shape index (κ3) is 78.5. The van der Waals surface area contributed by atoms with Gasteiger partial charge in [0.2, 0.25) is 0 Å². The molecule has 0 fully saturated rings. The van der Waals surface area contributed by atoms with Crippen molar-refractivity contribution in [3.05, 3.63) is 0 Å². The van der Waals surface area contributed by atoms with E-state index in [2.05, 4.69) is 48.5 Å². The van der Waals surface area contributed by atoms with Gasteiger partial charge in [-0.3, -0.25) is 37.3 Å². The van der Waals surface area contributed by atoms with E-state index in [1.165, 1.54) is 257 Å². The molecule has 0 amide bonds. The molecule has 3 unspecified atom stereocenters. The Labute approximate surface area is 645 Å². The van der Waals surface area contributed by atoms with Crippen molar-refractivity contribution in [2.75, 3.05) is 39.6 Å². The van der Waals surface area contributed by atoms with Gasteiger partial charge in [0.1, 0.15) is 19.3 Å². The highest BCUT2D eigenvalue weighted by Crippen LogP contribution is 2.45. The van der Waals surface area contributed by atoms with Gasteiger partial charge in [0.25, 0.3) is 0 Å². The predicted octanol–water partition coefficient (Wildman–Crippen LogP) is 26.1. The van der Waals surface area contributed by atoms with Crippen LogP contribution in [0.25, 0.3) is 0 Å². The van der Waals surface area contributed by atoms with Crippen molar-refractivity contribution in [1.29, 1.82) is 0 Å². The number of hydrogen-bond acceptors (Lipinski definition) is 15.